The number of hydrogen-bond acceptors (Lipinski definition) is 7. The van der Waals surface area contributed by atoms with Crippen LogP contribution in [0.15, 0.2) is 36.4 Å². The van der Waals surface area contributed by atoms with Crippen molar-refractivity contribution in [1.29, 1.82) is 0 Å². The third kappa shape index (κ3) is 3.03. The molecule has 126 valence electrons. The van der Waals surface area contributed by atoms with E-state index in [9.17, 15) is 10.1 Å². The number of methoxy groups -OCH3 is 1. The van der Waals surface area contributed by atoms with Gasteiger partial charge in [-0.1, -0.05) is 12.1 Å². The lowest BCUT2D eigenvalue weighted by atomic mass is 10.2. The minimum atomic E-state index is -0.522. The molecule has 1 fully saturated rings. The SMILES string of the molecule is COc1ccccc1N1CCN(c2ccc([N+](=O)[O-])c(N)n2)CC1. The van der Waals surface area contributed by atoms with E-state index in [1.54, 1.807) is 13.2 Å². The van der Waals surface area contributed by atoms with Crippen molar-refractivity contribution in [3.63, 3.8) is 0 Å². The van der Waals surface area contributed by atoms with E-state index in [1.165, 1.54) is 6.07 Å². The molecule has 0 aliphatic carbocycles. The van der Waals surface area contributed by atoms with E-state index >= 15 is 0 Å². The minimum Gasteiger partial charge on any atom is -0.495 e. The molecule has 0 atom stereocenters. The third-order valence-corrected chi connectivity index (χ3v) is 4.11. The first kappa shape index (κ1) is 15.9. The first-order valence-corrected chi connectivity index (χ1v) is 7.64. The maximum absolute atomic E-state index is 10.8. The van der Waals surface area contributed by atoms with Crippen molar-refractivity contribution in [3.05, 3.63) is 46.5 Å². The minimum absolute atomic E-state index is 0.0512. The number of nitrogen functional groups attached to an aromatic ring is 1. The van der Waals surface area contributed by atoms with Crippen molar-refractivity contribution in [2.75, 3.05) is 48.8 Å². The maximum Gasteiger partial charge on any atom is 0.311 e. The van der Waals surface area contributed by atoms with Gasteiger partial charge in [0, 0.05) is 32.2 Å². The Bertz CT molecular complexity index is 744. The Hall–Kier alpha value is -3.03. The second-order valence-electron chi connectivity index (χ2n) is 5.48. The van der Waals surface area contributed by atoms with Crippen LogP contribution in [0.4, 0.5) is 23.0 Å². The molecule has 3 rings (SSSR count). The number of para-hydroxylation sites is 2. The molecule has 0 unspecified atom stereocenters. The number of benzene rings is 1. The average molecular weight is 329 g/mol. The van der Waals surface area contributed by atoms with E-state index in [4.69, 9.17) is 10.5 Å². The largest absolute Gasteiger partial charge is 0.495 e. The molecule has 0 bridgehead atoms. The first-order valence-electron chi connectivity index (χ1n) is 7.64. The zero-order valence-corrected chi connectivity index (χ0v) is 13.4. The molecular weight excluding hydrogens is 310 g/mol. The van der Waals surface area contributed by atoms with E-state index in [0.29, 0.717) is 5.82 Å². The summed E-state index contributed by atoms with van der Waals surface area (Å²) >= 11 is 0. The van der Waals surface area contributed by atoms with Crippen LogP contribution in [0, 0.1) is 10.1 Å². The summed E-state index contributed by atoms with van der Waals surface area (Å²) in [6.45, 7) is 3.11. The summed E-state index contributed by atoms with van der Waals surface area (Å²) in [4.78, 5) is 18.8. The second-order valence-corrected chi connectivity index (χ2v) is 5.48. The van der Waals surface area contributed by atoms with Crippen LogP contribution < -0.4 is 20.3 Å². The Kier molecular flexibility index (Phi) is 4.37. The smallest absolute Gasteiger partial charge is 0.311 e. The molecule has 0 saturated carbocycles. The van der Waals surface area contributed by atoms with E-state index in [-0.39, 0.29) is 11.5 Å². The standard InChI is InChI=1S/C16H19N5O3/c1-24-14-5-3-2-4-12(14)19-8-10-20(11-9-19)15-7-6-13(21(22)23)16(17)18-15/h2-7H,8-11H2,1H3,(H2,17,18). The molecule has 1 saturated heterocycles. The second kappa shape index (κ2) is 6.61. The van der Waals surface area contributed by atoms with Crippen molar-refractivity contribution in [3.8, 4) is 5.75 Å². The molecule has 1 aliphatic rings. The quantitative estimate of drug-likeness (QED) is 0.676. The predicted octanol–water partition coefficient (Wildman–Crippen LogP) is 1.91. The zero-order chi connectivity index (χ0) is 17.1. The number of nitrogens with two attached hydrogens (primary N) is 1. The molecule has 1 aliphatic heterocycles. The fourth-order valence-corrected chi connectivity index (χ4v) is 2.85. The normalized spacial score (nSPS) is 14.5. The van der Waals surface area contributed by atoms with Crippen LogP contribution in [0.3, 0.4) is 0 Å². The number of ether oxygens (including phenoxy) is 1. The number of nitro groups is 1. The molecule has 8 heteroatoms. The summed E-state index contributed by atoms with van der Waals surface area (Å²) in [5.74, 6) is 1.46. The number of hydrogen-bond donors (Lipinski definition) is 1. The van der Waals surface area contributed by atoms with Crippen LogP contribution in [0.25, 0.3) is 0 Å². The van der Waals surface area contributed by atoms with Crippen molar-refractivity contribution < 1.29 is 9.66 Å². The van der Waals surface area contributed by atoms with Gasteiger partial charge in [-0.3, -0.25) is 10.1 Å². The molecule has 2 aromatic rings. The third-order valence-electron chi connectivity index (χ3n) is 4.11. The summed E-state index contributed by atoms with van der Waals surface area (Å²) in [6, 6.07) is 11.0. The Morgan fingerprint density at radius 2 is 1.79 bits per heavy atom. The fourth-order valence-electron chi connectivity index (χ4n) is 2.85. The molecule has 2 N–H and O–H groups in total. The molecule has 0 amide bonds. The molecule has 0 radical (unpaired) electrons. The zero-order valence-electron chi connectivity index (χ0n) is 13.4. The molecule has 2 heterocycles. The number of pyridine rings is 1. The van der Waals surface area contributed by atoms with Crippen molar-refractivity contribution >= 4 is 23.0 Å². The van der Waals surface area contributed by atoms with Gasteiger partial charge in [0.15, 0.2) is 0 Å². The summed E-state index contributed by atoms with van der Waals surface area (Å²) in [6.07, 6.45) is 0. The molecule has 1 aromatic carbocycles. The van der Waals surface area contributed by atoms with Gasteiger partial charge in [-0.25, -0.2) is 4.98 Å². The van der Waals surface area contributed by atoms with Gasteiger partial charge in [0.2, 0.25) is 5.82 Å². The fraction of sp³-hybridized carbons (Fsp3) is 0.312. The highest BCUT2D eigenvalue weighted by Crippen LogP contribution is 2.29. The van der Waals surface area contributed by atoms with Crippen LogP contribution in [0.5, 0.6) is 5.75 Å². The summed E-state index contributed by atoms with van der Waals surface area (Å²) in [5, 5.41) is 10.8. The summed E-state index contributed by atoms with van der Waals surface area (Å²) in [7, 11) is 1.67. The highest BCUT2D eigenvalue weighted by atomic mass is 16.6. The number of rotatable bonds is 4. The van der Waals surface area contributed by atoms with Gasteiger partial charge in [-0.05, 0) is 18.2 Å². The number of nitrogens with zero attached hydrogens (tertiary/aromatic N) is 4. The monoisotopic (exact) mass is 329 g/mol. The highest BCUT2D eigenvalue weighted by Gasteiger charge is 2.22. The van der Waals surface area contributed by atoms with Gasteiger partial charge >= 0.3 is 5.69 Å². The highest BCUT2D eigenvalue weighted by molar-refractivity contribution is 5.61. The van der Waals surface area contributed by atoms with Crippen LogP contribution in [0.1, 0.15) is 0 Å². The van der Waals surface area contributed by atoms with Gasteiger partial charge in [0.25, 0.3) is 0 Å². The van der Waals surface area contributed by atoms with Crippen LogP contribution in [-0.2, 0) is 0 Å². The van der Waals surface area contributed by atoms with E-state index in [2.05, 4.69) is 14.8 Å². The maximum atomic E-state index is 10.8. The van der Waals surface area contributed by atoms with E-state index < -0.39 is 4.92 Å². The Morgan fingerprint density at radius 3 is 2.42 bits per heavy atom. The summed E-state index contributed by atoms with van der Waals surface area (Å²) in [5.41, 5.74) is 6.58. The van der Waals surface area contributed by atoms with Gasteiger partial charge < -0.3 is 20.3 Å². The van der Waals surface area contributed by atoms with E-state index in [0.717, 1.165) is 37.6 Å². The average Bonchev–Trinajstić information content (AvgIpc) is 2.61. The van der Waals surface area contributed by atoms with Crippen LogP contribution in [-0.4, -0.2) is 43.2 Å². The Balaban J connectivity index is 1.71. The number of piperazine rings is 1. The van der Waals surface area contributed by atoms with E-state index in [1.807, 2.05) is 24.3 Å². The number of anilines is 3. The van der Waals surface area contributed by atoms with Gasteiger partial charge in [0.1, 0.15) is 11.6 Å². The van der Waals surface area contributed by atoms with Crippen LogP contribution >= 0.6 is 0 Å². The topological polar surface area (TPSA) is 97.8 Å². The van der Waals surface area contributed by atoms with Crippen molar-refractivity contribution in [1.82, 2.24) is 4.98 Å². The summed E-state index contributed by atoms with van der Waals surface area (Å²) < 4.78 is 5.41. The molecular formula is C16H19N5O3. The van der Waals surface area contributed by atoms with Gasteiger partial charge in [-0.2, -0.15) is 0 Å². The number of aromatic nitrogens is 1. The lowest BCUT2D eigenvalue weighted by Gasteiger charge is -2.37. The Labute approximate surface area is 139 Å². The lowest BCUT2D eigenvalue weighted by Crippen LogP contribution is -2.47. The lowest BCUT2D eigenvalue weighted by molar-refractivity contribution is -0.384. The van der Waals surface area contributed by atoms with Crippen molar-refractivity contribution in [2.45, 2.75) is 0 Å². The molecule has 24 heavy (non-hydrogen) atoms. The van der Waals surface area contributed by atoms with Crippen LogP contribution in [0.2, 0.25) is 0 Å². The first-order chi connectivity index (χ1) is 11.6. The van der Waals surface area contributed by atoms with Crippen molar-refractivity contribution in [2.24, 2.45) is 0 Å². The predicted molar refractivity (Wildman–Crippen MR) is 92.7 cm³/mol. The molecule has 0 spiro atoms. The van der Waals surface area contributed by atoms with Gasteiger partial charge in [-0.15, -0.1) is 0 Å². The molecule has 1 aromatic heterocycles. The van der Waals surface area contributed by atoms with Gasteiger partial charge in [0.05, 0.1) is 17.7 Å². The molecule has 8 nitrogen and oxygen atoms in total. The Morgan fingerprint density at radius 1 is 1.12 bits per heavy atom.